The minimum Gasteiger partial charge on any atom is -0.462 e. The first-order valence-electron chi connectivity index (χ1n) is 9.34. The summed E-state index contributed by atoms with van der Waals surface area (Å²) < 4.78 is 31.7. The third-order valence-electron chi connectivity index (χ3n) is 4.49. The van der Waals surface area contributed by atoms with Crippen LogP contribution in [0.2, 0.25) is 0 Å². The largest absolute Gasteiger partial charge is 0.462 e. The van der Waals surface area contributed by atoms with Gasteiger partial charge in [-0.2, -0.15) is 4.31 Å². The number of ether oxygens (including phenoxy) is 1. The molecule has 0 saturated carbocycles. The van der Waals surface area contributed by atoms with Crippen LogP contribution in [0, 0.1) is 0 Å². The van der Waals surface area contributed by atoms with Gasteiger partial charge in [0.1, 0.15) is 0 Å². The van der Waals surface area contributed by atoms with Crippen molar-refractivity contribution in [3.05, 3.63) is 72.3 Å². The Balaban J connectivity index is 1.76. The van der Waals surface area contributed by atoms with Crippen molar-refractivity contribution in [3.8, 4) is 0 Å². The van der Waals surface area contributed by atoms with E-state index in [9.17, 15) is 18.0 Å². The van der Waals surface area contributed by atoms with E-state index in [2.05, 4.69) is 5.32 Å². The van der Waals surface area contributed by atoms with Gasteiger partial charge in [0, 0.05) is 7.05 Å². The van der Waals surface area contributed by atoms with E-state index in [0.29, 0.717) is 0 Å². The van der Waals surface area contributed by atoms with Crippen LogP contribution in [-0.4, -0.2) is 44.8 Å². The van der Waals surface area contributed by atoms with Crippen molar-refractivity contribution in [2.45, 2.75) is 11.8 Å². The lowest BCUT2D eigenvalue weighted by Gasteiger charge is -2.18. The molecule has 0 bridgehead atoms. The molecule has 1 N–H and O–H groups in total. The minimum atomic E-state index is -3.87. The lowest BCUT2D eigenvalue weighted by Crippen LogP contribution is -2.35. The first-order chi connectivity index (χ1) is 14.3. The number of hydrogen-bond donors (Lipinski definition) is 1. The normalized spacial score (nSPS) is 11.4. The first kappa shape index (κ1) is 21.5. The van der Waals surface area contributed by atoms with E-state index in [-0.39, 0.29) is 22.8 Å². The van der Waals surface area contributed by atoms with Crippen molar-refractivity contribution in [1.82, 2.24) is 4.31 Å². The minimum absolute atomic E-state index is 0.100. The molecule has 0 aliphatic rings. The molecular weight excluding hydrogens is 404 g/mol. The SMILES string of the molecule is CCOC(=O)c1ccccc1NC(=O)CN(C)S(=O)(=O)c1ccc2ccccc2c1. The van der Waals surface area contributed by atoms with E-state index < -0.39 is 28.4 Å². The summed E-state index contributed by atoms with van der Waals surface area (Å²) in [4.78, 5) is 24.6. The Morgan fingerprint density at radius 2 is 1.63 bits per heavy atom. The van der Waals surface area contributed by atoms with Crippen molar-refractivity contribution in [2.24, 2.45) is 0 Å². The average molecular weight is 426 g/mol. The number of carbonyl (C=O) groups excluding carboxylic acids is 2. The number of likely N-dealkylation sites (N-methyl/N-ethyl adjacent to an activating group) is 1. The summed E-state index contributed by atoms with van der Waals surface area (Å²) in [6.07, 6.45) is 0. The number of nitrogens with one attached hydrogen (secondary N) is 1. The number of sulfonamides is 1. The fraction of sp³-hybridized carbons (Fsp3) is 0.182. The molecule has 0 aliphatic carbocycles. The molecule has 0 atom stereocenters. The Labute approximate surface area is 175 Å². The molecule has 156 valence electrons. The fourth-order valence-electron chi connectivity index (χ4n) is 2.96. The number of hydrogen-bond acceptors (Lipinski definition) is 5. The number of amides is 1. The Morgan fingerprint density at radius 1 is 0.967 bits per heavy atom. The molecule has 0 spiro atoms. The molecular formula is C22H22N2O5S. The van der Waals surface area contributed by atoms with Crippen molar-refractivity contribution in [3.63, 3.8) is 0 Å². The zero-order chi connectivity index (χ0) is 21.7. The topological polar surface area (TPSA) is 92.8 Å². The van der Waals surface area contributed by atoms with Crippen LogP contribution in [0.4, 0.5) is 5.69 Å². The second-order valence-corrected chi connectivity index (χ2v) is 8.63. The molecule has 3 aromatic rings. The van der Waals surface area contributed by atoms with E-state index in [1.807, 2.05) is 24.3 Å². The number of carbonyl (C=O) groups is 2. The average Bonchev–Trinajstić information content (AvgIpc) is 2.73. The predicted octanol–water partition coefficient (Wildman–Crippen LogP) is 3.28. The summed E-state index contributed by atoms with van der Waals surface area (Å²) in [6, 6.07) is 18.6. The van der Waals surface area contributed by atoms with Gasteiger partial charge in [0.15, 0.2) is 0 Å². The van der Waals surface area contributed by atoms with Gasteiger partial charge in [-0.3, -0.25) is 4.79 Å². The van der Waals surface area contributed by atoms with Crippen LogP contribution in [0.5, 0.6) is 0 Å². The maximum Gasteiger partial charge on any atom is 0.340 e. The van der Waals surface area contributed by atoms with Crippen LogP contribution in [0.15, 0.2) is 71.6 Å². The highest BCUT2D eigenvalue weighted by Gasteiger charge is 2.24. The monoisotopic (exact) mass is 426 g/mol. The van der Waals surface area contributed by atoms with Gasteiger partial charge in [-0.25, -0.2) is 13.2 Å². The van der Waals surface area contributed by atoms with E-state index >= 15 is 0 Å². The number of fused-ring (bicyclic) bond motifs is 1. The van der Waals surface area contributed by atoms with Gasteiger partial charge in [0.05, 0.1) is 29.3 Å². The Kier molecular flexibility index (Phi) is 6.49. The van der Waals surface area contributed by atoms with Crippen LogP contribution in [0.25, 0.3) is 10.8 Å². The first-order valence-corrected chi connectivity index (χ1v) is 10.8. The summed E-state index contributed by atoms with van der Waals surface area (Å²) in [6.45, 7) is 1.48. The molecule has 0 heterocycles. The molecule has 0 aromatic heterocycles. The molecule has 8 heteroatoms. The Hall–Kier alpha value is -3.23. The van der Waals surface area contributed by atoms with Crippen LogP contribution in [0.3, 0.4) is 0 Å². The second-order valence-electron chi connectivity index (χ2n) is 6.58. The van der Waals surface area contributed by atoms with Crippen molar-refractivity contribution >= 4 is 38.4 Å². The van der Waals surface area contributed by atoms with Gasteiger partial charge in [0.25, 0.3) is 0 Å². The van der Waals surface area contributed by atoms with Crippen LogP contribution < -0.4 is 5.32 Å². The van der Waals surface area contributed by atoms with Gasteiger partial charge >= 0.3 is 5.97 Å². The number of anilines is 1. The third kappa shape index (κ3) is 4.67. The number of esters is 1. The molecule has 0 aliphatic heterocycles. The second kappa shape index (κ2) is 9.06. The van der Waals surface area contributed by atoms with E-state index in [1.165, 1.54) is 19.2 Å². The van der Waals surface area contributed by atoms with Crippen LogP contribution in [0.1, 0.15) is 17.3 Å². The predicted molar refractivity (Wildman–Crippen MR) is 115 cm³/mol. The molecule has 7 nitrogen and oxygen atoms in total. The van der Waals surface area contributed by atoms with E-state index in [0.717, 1.165) is 15.1 Å². The molecule has 1 amide bonds. The van der Waals surface area contributed by atoms with Gasteiger partial charge in [-0.1, -0.05) is 42.5 Å². The summed E-state index contributed by atoms with van der Waals surface area (Å²) in [5.41, 5.74) is 0.463. The van der Waals surface area contributed by atoms with Gasteiger partial charge < -0.3 is 10.1 Å². The van der Waals surface area contributed by atoms with E-state index in [4.69, 9.17) is 4.74 Å². The maximum atomic E-state index is 12.9. The summed E-state index contributed by atoms with van der Waals surface area (Å²) in [5.74, 6) is -1.14. The highest BCUT2D eigenvalue weighted by molar-refractivity contribution is 7.89. The molecule has 3 aromatic carbocycles. The zero-order valence-electron chi connectivity index (χ0n) is 16.7. The molecule has 0 fully saturated rings. The number of nitrogens with zero attached hydrogens (tertiary/aromatic N) is 1. The quantitative estimate of drug-likeness (QED) is 0.586. The maximum absolute atomic E-state index is 12.9. The number of benzene rings is 3. The summed E-state index contributed by atoms with van der Waals surface area (Å²) in [5, 5.41) is 4.30. The smallest absolute Gasteiger partial charge is 0.340 e. The fourth-order valence-corrected chi connectivity index (χ4v) is 4.13. The van der Waals surface area contributed by atoms with Crippen LogP contribution in [-0.2, 0) is 19.6 Å². The van der Waals surface area contributed by atoms with Gasteiger partial charge in [0.2, 0.25) is 15.9 Å². The standard InChI is InChI=1S/C22H22N2O5S/c1-3-29-22(26)19-10-6-7-11-20(19)23-21(25)15-24(2)30(27,28)18-13-12-16-8-4-5-9-17(16)14-18/h4-14H,3,15H2,1-2H3,(H,23,25). The Bertz CT molecular complexity index is 1190. The number of para-hydroxylation sites is 1. The van der Waals surface area contributed by atoms with Crippen molar-refractivity contribution in [1.29, 1.82) is 0 Å². The zero-order valence-corrected chi connectivity index (χ0v) is 17.5. The van der Waals surface area contributed by atoms with Gasteiger partial charge in [-0.15, -0.1) is 0 Å². The van der Waals surface area contributed by atoms with Crippen LogP contribution >= 0.6 is 0 Å². The molecule has 3 rings (SSSR count). The highest BCUT2D eigenvalue weighted by Crippen LogP contribution is 2.22. The molecule has 30 heavy (non-hydrogen) atoms. The van der Waals surface area contributed by atoms with Crippen molar-refractivity contribution < 1.29 is 22.7 Å². The molecule has 0 radical (unpaired) electrons. The third-order valence-corrected chi connectivity index (χ3v) is 6.29. The van der Waals surface area contributed by atoms with Gasteiger partial charge in [-0.05, 0) is 42.0 Å². The summed E-state index contributed by atoms with van der Waals surface area (Å²) >= 11 is 0. The Morgan fingerprint density at radius 3 is 2.37 bits per heavy atom. The summed E-state index contributed by atoms with van der Waals surface area (Å²) in [7, 11) is -2.54. The van der Waals surface area contributed by atoms with E-state index in [1.54, 1.807) is 37.3 Å². The highest BCUT2D eigenvalue weighted by atomic mass is 32.2. The number of rotatable bonds is 7. The molecule has 0 unspecified atom stereocenters. The molecule has 0 saturated heterocycles. The van der Waals surface area contributed by atoms with Crippen molar-refractivity contribution in [2.75, 3.05) is 25.5 Å². The lowest BCUT2D eigenvalue weighted by atomic mass is 10.1. The lowest BCUT2D eigenvalue weighted by molar-refractivity contribution is -0.116.